The summed E-state index contributed by atoms with van der Waals surface area (Å²) in [5.74, 6) is 5.89. The lowest BCUT2D eigenvalue weighted by Gasteiger charge is -2.43. The van der Waals surface area contributed by atoms with Gasteiger partial charge < -0.3 is 18.9 Å². The van der Waals surface area contributed by atoms with Gasteiger partial charge in [-0.25, -0.2) is 0 Å². The molecule has 6 aromatic rings. The van der Waals surface area contributed by atoms with Crippen molar-refractivity contribution in [3.63, 3.8) is 0 Å². The van der Waals surface area contributed by atoms with E-state index in [4.69, 9.17) is 24.2 Å². The molecule has 2 fully saturated rings. The van der Waals surface area contributed by atoms with Gasteiger partial charge in [0.1, 0.15) is 34.2 Å². The number of carbonyl (C=O) groups excluding carboxylic acids is 1. The van der Waals surface area contributed by atoms with Gasteiger partial charge in [-0.3, -0.25) is 9.45 Å². The second kappa shape index (κ2) is 22.2. The van der Waals surface area contributed by atoms with Crippen molar-refractivity contribution in [1.29, 1.82) is 15.8 Å². The van der Waals surface area contributed by atoms with Crippen molar-refractivity contribution in [3.05, 3.63) is 174 Å². The van der Waals surface area contributed by atoms with Gasteiger partial charge in [-0.1, -0.05) is 72.8 Å². The van der Waals surface area contributed by atoms with Gasteiger partial charge >= 0.3 is 0 Å². The lowest BCUT2D eigenvalue weighted by Crippen LogP contribution is -2.46. The van der Waals surface area contributed by atoms with Crippen LogP contribution in [0.4, 0.5) is 0 Å². The number of nitriles is 3. The van der Waals surface area contributed by atoms with Crippen molar-refractivity contribution in [2.24, 2.45) is 9.65 Å². The number of benzene rings is 6. The predicted molar refractivity (Wildman–Crippen MR) is 281 cm³/mol. The molecule has 2 spiro atoms. The fraction of sp³-hybridized carbons (Fsp3) is 0.283. The Hall–Kier alpha value is -8.00. The minimum absolute atomic E-state index is 0.127. The molecule has 0 atom stereocenters. The minimum atomic E-state index is -1.21. The number of nitrogens with zero attached hydrogens (tertiary/aromatic N) is 5. The van der Waals surface area contributed by atoms with E-state index in [1.807, 2.05) is 140 Å². The largest absolute Gasteiger partial charge is 0.490 e. The SMILES string of the molecule is C=C=N[Si](C)(C)C.N#CN=C1CC2(CCC(Oc3ccccc3)CC2)Oc2ccc(-c3cccc(C#N)c3)cc21.N#Cc1cccc(-c2ccc3c(c2)C(=O)CC2(CCC(Oc4ccccc4)CC2)O3)c1. The van der Waals surface area contributed by atoms with Gasteiger partial charge in [-0.15, -0.1) is 0 Å². The lowest BCUT2D eigenvalue weighted by molar-refractivity contribution is -0.0137. The average Bonchev–Trinajstić information content (AvgIpc) is 3.38. The monoisotopic (exact) mass is 955 g/mol. The van der Waals surface area contributed by atoms with Gasteiger partial charge in [-0.05, 0) is 179 Å². The van der Waals surface area contributed by atoms with Crippen LogP contribution in [0.1, 0.15) is 91.3 Å². The number of rotatable bonds is 7. The number of aliphatic imine (C=N–C) groups is 1. The number of ketones is 1. The van der Waals surface area contributed by atoms with Crippen molar-refractivity contribution in [2.75, 3.05) is 0 Å². The highest BCUT2D eigenvalue weighted by molar-refractivity contribution is 6.75. The number of fused-ring (bicyclic) bond motifs is 2. The Labute approximate surface area is 418 Å². The van der Waals surface area contributed by atoms with Crippen LogP contribution in [0.25, 0.3) is 22.3 Å². The Morgan fingerprint density at radius 2 is 1.03 bits per heavy atom. The summed E-state index contributed by atoms with van der Waals surface area (Å²) in [5, 5.41) is 27.7. The van der Waals surface area contributed by atoms with Gasteiger partial charge in [0, 0.05) is 12.0 Å². The maximum atomic E-state index is 13.1. The second-order valence-electron chi connectivity index (χ2n) is 19.5. The topological polar surface area (TPSA) is 150 Å². The molecular formula is C60H57N5O5Si. The number of ether oxygens (including phenoxy) is 4. The van der Waals surface area contributed by atoms with Crippen molar-refractivity contribution in [2.45, 2.75) is 107 Å². The van der Waals surface area contributed by atoms with Crippen LogP contribution >= 0.6 is 0 Å². The maximum Gasteiger partial charge on any atom is 0.205 e. The summed E-state index contributed by atoms with van der Waals surface area (Å²) in [6.07, 6.45) is 10.1. The van der Waals surface area contributed by atoms with Crippen LogP contribution in [0, 0.1) is 34.1 Å². The summed E-state index contributed by atoms with van der Waals surface area (Å²) in [5.41, 5.74) is 6.44. The van der Waals surface area contributed by atoms with E-state index >= 15 is 0 Å². The highest BCUT2D eigenvalue weighted by atomic mass is 28.3. The molecule has 0 radical (unpaired) electrons. The fourth-order valence-electron chi connectivity index (χ4n) is 9.71. The molecule has 0 saturated heterocycles. The third-order valence-corrected chi connectivity index (χ3v) is 14.1. The molecule has 0 aromatic heterocycles. The summed E-state index contributed by atoms with van der Waals surface area (Å²) in [4.78, 5) is 17.3. The Bertz CT molecular complexity index is 3070. The molecule has 356 valence electrons. The highest BCUT2D eigenvalue weighted by Gasteiger charge is 2.45. The van der Waals surface area contributed by atoms with Crippen LogP contribution in [0.2, 0.25) is 19.6 Å². The summed E-state index contributed by atoms with van der Waals surface area (Å²) < 4.78 is 29.3. The van der Waals surface area contributed by atoms with E-state index in [1.165, 1.54) is 0 Å². The Balaban J connectivity index is 0.000000168. The molecule has 10 rings (SSSR count). The number of Topliss-reactive ketones (excluding diaryl/α,β-unsaturated/α-hetero) is 1. The molecule has 2 heterocycles. The quantitative estimate of drug-likeness (QED) is 0.0872. The van der Waals surface area contributed by atoms with E-state index in [0.717, 1.165) is 102 Å². The molecular weight excluding hydrogens is 899 g/mol. The van der Waals surface area contributed by atoms with E-state index in [-0.39, 0.29) is 23.6 Å². The first-order valence-electron chi connectivity index (χ1n) is 24.2. The number of para-hydroxylation sites is 2. The van der Waals surface area contributed by atoms with E-state index < -0.39 is 13.8 Å². The minimum Gasteiger partial charge on any atom is -0.490 e. The molecule has 0 N–H and O–H groups in total. The van der Waals surface area contributed by atoms with Gasteiger partial charge in [0.25, 0.3) is 0 Å². The summed E-state index contributed by atoms with van der Waals surface area (Å²) in [6, 6.07) is 50.8. The molecule has 0 bridgehead atoms. The van der Waals surface area contributed by atoms with Crippen LogP contribution in [0.3, 0.4) is 0 Å². The molecule has 0 amide bonds. The smallest absolute Gasteiger partial charge is 0.205 e. The van der Waals surface area contributed by atoms with Gasteiger partial charge in [0.15, 0.2) is 14.0 Å². The summed E-state index contributed by atoms with van der Waals surface area (Å²) >= 11 is 0. The average molecular weight is 956 g/mol. The standard InChI is InChI=1S/C28H23N3O2.C27H23NO3.C5H11NSi/c29-18-20-5-4-6-21(15-20)22-9-10-27-25(16-22)26(31-19-30)17-28(33-27)13-11-24(12-14-28)32-23-7-2-1-3-8-23;28-18-19-5-4-6-20(15-19)21-9-10-26-24(16-21)25(29)17-27(31-26)13-11-23(12-14-27)30-22-7-2-1-3-8-22;1-5-6-7(2,3)4/h1-10,15-16,24H,11-14,17H2;1-10,15-16,23H,11-14,17H2;1H2,2-4H3. The molecule has 2 aliphatic carbocycles. The molecule has 11 heteroatoms. The third kappa shape index (κ3) is 12.6. The van der Waals surface area contributed by atoms with Crippen molar-refractivity contribution in [3.8, 4) is 63.6 Å². The van der Waals surface area contributed by atoms with Crippen molar-refractivity contribution in [1.82, 2.24) is 0 Å². The van der Waals surface area contributed by atoms with Crippen molar-refractivity contribution < 1.29 is 23.7 Å². The van der Waals surface area contributed by atoms with Gasteiger partial charge in [-0.2, -0.15) is 20.8 Å². The molecule has 2 saturated carbocycles. The first kappa shape index (κ1) is 49.4. The molecule has 0 unspecified atom stereocenters. The number of carbonyl (C=O) groups is 1. The molecule has 71 heavy (non-hydrogen) atoms. The van der Waals surface area contributed by atoms with E-state index in [0.29, 0.717) is 35.3 Å². The number of hydrogen-bond acceptors (Lipinski definition) is 10. The van der Waals surface area contributed by atoms with E-state index in [2.05, 4.69) is 53.9 Å². The third-order valence-electron chi connectivity index (χ3n) is 13.2. The maximum absolute atomic E-state index is 13.1. The lowest BCUT2D eigenvalue weighted by atomic mass is 9.77. The van der Waals surface area contributed by atoms with Crippen LogP contribution in [-0.4, -0.2) is 49.0 Å². The van der Waals surface area contributed by atoms with Gasteiger partial charge in [0.2, 0.25) is 6.19 Å². The molecule has 2 aliphatic heterocycles. The Kier molecular flexibility index (Phi) is 15.4. The van der Waals surface area contributed by atoms with Crippen molar-refractivity contribution >= 4 is 25.6 Å². The fourth-order valence-corrected chi connectivity index (χ4v) is 10.2. The zero-order chi connectivity index (χ0) is 49.9. The highest BCUT2D eigenvalue weighted by Crippen LogP contribution is 2.45. The van der Waals surface area contributed by atoms with E-state index in [1.54, 1.807) is 12.1 Å². The zero-order valence-corrected chi connectivity index (χ0v) is 41.6. The zero-order valence-electron chi connectivity index (χ0n) is 40.6. The second-order valence-corrected chi connectivity index (χ2v) is 24.1. The summed E-state index contributed by atoms with van der Waals surface area (Å²) in [7, 11) is -1.21. The summed E-state index contributed by atoms with van der Waals surface area (Å²) in [6.45, 7) is 9.82. The predicted octanol–water partition coefficient (Wildman–Crippen LogP) is 13.7. The molecule has 10 nitrogen and oxygen atoms in total. The van der Waals surface area contributed by atoms with Crippen LogP contribution in [-0.2, 0) is 0 Å². The van der Waals surface area contributed by atoms with E-state index in [9.17, 15) is 15.3 Å². The Morgan fingerprint density at radius 3 is 1.46 bits per heavy atom. The molecule has 4 aliphatic rings. The van der Waals surface area contributed by atoms with Crippen LogP contribution in [0.15, 0.2) is 162 Å². The first-order valence-corrected chi connectivity index (χ1v) is 27.7. The van der Waals surface area contributed by atoms with Gasteiger partial charge in [0.05, 0.1) is 53.2 Å². The number of hydrogen-bond donors (Lipinski definition) is 0. The van der Waals surface area contributed by atoms with Crippen LogP contribution in [0.5, 0.6) is 23.0 Å². The molecule has 6 aromatic carbocycles. The Morgan fingerprint density at radius 1 is 0.577 bits per heavy atom. The first-order chi connectivity index (χ1) is 34.4. The normalized spacial score (nSPS) is 21.2. The van der Waals surface area contributed by atoms with Crippen LogP contribution < -0.4 is 18.9 Å².